The summed E-state index contributed by atoms with van der Waals surface area (Å²) in [6, 6.07) is 0.764. The Hall–Kier alpha value is -0.550. The normalized spacial score (nSPS) is 20.6. The Labute approximate surface area is 126 Å². The van der Waals surface area contributed by atoms with E-state index in [1.54, 1.807) is 0 Å². The molecule has 2 heterocycles. The molecule has 1 aromatic heterocycles. The van der Waals surface area contributed by atoms with E-state index in [2.05, 4.69) is 20.1 Å². The molecule has 0 atom stereocenters. The van der Waals surface area contributed by atoms with Crippen LogP contribution in [0.5, 0.6) is 0 Å². The second-order valence-corrected chi connectivity index (χ2v) is 7.06. The van der Waals surface area contributed by atoms with E-state index in [1.807, 2.05) is 11.8 Å². The van der Waals surface area contributed by atoms with Crippen molar-refractivity contribution in [3.63, 3.8) is 0 Å². The molecule has 20 heavy (non-hydrogen) atoms. The van der Waals surface area contributed by atoms with Crippen LogP contribution < -0.4 is 5.32 Å². The molecule has 1 saturated carbocycles. The minimum absolute atomic E-state index is 0.764. The summed E-state index contributed by atoms with van der Waals surface area (Å²) in [4.78, 5) is 0. The van der Waals surface area contributed by atoms with Gasteiger partial charge in [-0.25, -0.2) is 0 Å². The fourth-order valence-corrected chi connectivity index (χ4v) is 4.13. The first-order chi connectivity index (χ1) is 9.93. The highest BCUT2D eigenvalue weighted by Gasteiger charge is 2.15. The van der Waals surface area contributed by atoms with E-state index >= 15 is 0 Å². The van der Waals surface area contributed by atoms with Gasteiger partial charge in [0.1, 0.15) is 5.82 Å². The second kappa shape index (κ2) is 7.46. The minimum Gasteiger partial charge on any atom is -0.313 e. The first kappa shape index (κ1) is 14.4. The van der Waals surface area contributed by atoms with Crippen LogP contribution in [0.1, 0.15) is 57.2 Å². The summed E-state index contributed by atoms with van der Waals surface area (Å²) < 4.78 is 2.35. The third-order valence-corrected chi connectivity index (χ3v) is 5.42. The number of aromatic nitrogens is 3. The topological polar surface area (TPSA) is 42.7 Å². The van der Waals surface area contributed by atoms with Crippen LogP contribution in [-0.4, -0.2) is 33.1 Å². The zero-order valence-electron chi connectivity index (χ0n) is 12.3. The van der Waals surface area contributed by atoms with Crippen molar-refractivity contribution in [2.24, 2.45) is 0 Å². The maximum absolute atomic E-state index is 4.37. The van der Waals surface area contributed by atoms with E-state index in [0.29, 0.717) is 0 Å². The van der Waals surface area contributed by atoms with Gasteiger partial charge < -0.3 is 9.88 Å². The highest BCUT2D eigenvalue weighted by atomic mass is 32.2. The summed E-state index contributed by atoms with van der Waals surface area (Å²) in [6.07, 6.45) is 12.0. The number of hydrogen-bond acceptors (Lipinski definition) is 4. The summed E-state index contributed by atoms with van der Waals surface area (Å²) in [5.41, 5.74) is 0. The highest BCUT2D eigenvalue weighted by molar-refractivity contribution is 7.99. The van der Waals surface area contributed by atoms with Crippen molar-refractivity contribution >= 4 is 11.8 Å². The molecule has 0 aromatic carbocycles. The summed E-state index contributed by atoms with van der Waals surface area (Å²) in [6.45, 7) is 2.21. The number of hydrogen-bond donors (Lipinski definition) is 1. The van der Waals surface area contributed by atoms with Crippen LogP contribution in [0.15, 0.2) is 5.16 Å². The molecule has 0 radical (unpaired) electrons. The number of rotatable bonds is 5. The van der Waals surface area contributed by atoms with Crippen molar-refractivity contribution in [1.82, 2.24) is 20.1 Å². The largest absolute Gasteiger partial charge is 0.313 e. The summed E-state index contributed by atoms with van der Waals surface area (Å²) >= 11 is 1.87. The van der Waals surface area contributed by atoms with Crippen LogP contribution >= 0.6 is 11.8 Å². The monoisotopic (exact) mass is 294 g/mol. The summed E-state index contributed by atoms with van der Waals surface area (Å²) in [7, 11) is 0. The average molecular weight is 294 g/mol. The number of fused-ring (bicyclic) bond motifs is 1. The van der Waals surface area contributed by atoms with Gasteiger partial charge in [0, 0.05) is 31.3 Å². The van der Waals surface area contributed by atoms with E-state index in [0.717, 1.165) is 36.5 Å². The van der Waals surface area contributed by atoms with Crippen molar-refractivity contribution in [3.8, 4) is 0 Å². The van der Waals surface area contributed by atoms with Crippen molar-refractivity contribution in [1.29, 1.82) is 0 Å². The van der Waals surface area contributed by atoms with Crippen molar-refractivity contribution in [2.75, 3.05) is 12.3 Å². The lowest BCUT2D eigenvalue weighted by Gasteiger charge is -2.22. The summed E-state index contributed by atoms with van der Waals surface area (Å²) in [5.74, 6) is 2.31. The van der Waals surface area contributed by atoms with Gasteiger partial charge >= 0.3 is 0 Å². The van der Waals surface area contributed by atoms with Gasteiger partial charge in [0.15, 0.2) is 5.16 Å². The Morgan fingerprint density at radius 3 is 2.80 bits per heavy atom. The molecule has 5 heteroatoms. The third kappa shape index (κ3) is 3.76. The van der Waals surface area contributed by atoms with Gasteiger partial charge in [-0.1, -0.05) is 37.4 Å². The lowest BCUT2D eigenvalue weighted by Crippen LogP contribution is -2.32. The zero-order chi connectivity index (χ0) is 13.6. The predicted molar refractivity (Wildman–Crippen MR) is 83.2 cm³/mol. The highest BCUT2D eigenvalue weighted by Crippen LogP contribution is 2.22. The molecule has 0 saturated heterocycles. The van der Waals surface area contributed by atoms with E-state index in [9.17, 15) is 0 Å². The van der Waals surface area contributed by atoms with Gasteiger partial charge in [0.25, 0.3) is 0 Å². The average Bonchev–Trinajstić information content (AvgIpc) is 2.72. The molecule has 0 bridgehead atoms. The first-order valence-corrected chi connectivity index (χ1v) is 9.20. The van der Waals surface area contributed by atoms with Crippen LogP contribution in [0.3, 0.4) is 0 Å². The zero-order valence-corrected chi connectivity index (χ0v) is 13.1. The molecule has 1 aliphatic heterocycles. The number of aryl methyl sites for hydroxylation is 1. The Kier molecular flexibility index (Phi) is 5.36. The molecule has 1 aromatic rings. The van der Waals surface area contributed by atoms with E-state index in [1.165, 1.54) is 57.2 Å². The van der Waals surface area contributed by atoms with Gasteiger partial charge in [-0.05, 0) is 25.7 Å². The molecule has 112 valence electrons. The molecule has 1 aliphatic carbocycles. The Balaban J connectivity index is 1.43. The molecule has 3 rings (SSSR count). The van der Waals surface area contributed by atoms with E-state index in [-0.39, 0.29) is 0 Å². The molecule has 4 nitrogen and oxygen atoms in total. The quantitative estimate of drug-likeness (QED) is 0.669. The number of nitrogens with one attached hydrogen (secondary N) is 1. The fraction of sp³-hybridized carbons (Fsp3) is 0.867. The maximum Gasteiger partial charge on any atom is 0.191 e. The maximum atomic E-state index is 4.37. The van der Waals surface area contributed by atoms with Gasteiger partial charge in [-0.2, -0.15) is 0 Å². The molecule has 2 aliphatic rings. The molecule has 0 unspecified atom stereocenters. The Morgan fingerprint density at radius 2 is 1.90 bits per heavy atom. The number of nitrogens with zero attached hydrogens (tertiary/aromatic N) is 3. The van der Waals surface area contributed by atoms with Gasteiger partial charge in [0.2, 0.25) is 0 Å². The Bertz CT molecular complexity index is 412. The lowest BCUT2D eigenvalue weighted by molar-refractivity contribution is 0.381. The van der Waals surface area contributed by atoms with Crippen LogP contribution in [0, 0.1) is 0 Å². The third-order valence-electron chi connectivity index (χ3n) is 4.45. The van der Waals surface area contributed by atoms with Crippen LogP contribution in [0.2, 0.25) is 0 Å². The molecular weight excluding hydrogens is 268 g/mol. The predicted octanol–water partition coefficient (Wildman–Crippen LogP) is 3.02. The van der Waals surface area contributed by atoms with Crippen molar-refractivity contribution in [3.05, 3.63) is 5.82 Å². The molecule has 0 amide bonds. The smallest absolute Gasteiger partial charge is 0.191 e. The van der Waals surface area contributed by atoms with Crippen molar-refractivity contribution < 1.29 is 0 Å². The Morgan fingerprint density at radius 1 is 1.05 bits per heavy atom. The minimum atomic E-state index is 0.764. The van der Waals surface area contributed by atoms with Gasteiger partial charge in [-0.3, -0.25) is 0 Å². The second-order valence-electron chi connectivity index (χ2n) is 6.00. The SMILES string of the molecule is C1CCC(NCCSc2nnc3n2CCCCC3)CC1. The van der Waals surface area contributed by atoms with E-state index in [4.69, 9.17) is 0 Å². The molecular formula is C15H26N4S. The van der Waals surface area contributed by atoms with Crippen molar-refractivity contribution in [2.45, 2.75) is 75.5 Å². The van der Waals surface area contributed by atoms with Crippen LogP contribution in [0.4, 0.5) is 0 Å². The van der Waals surface area contributed by atoms with Gasteiger partial charge in [-0.15, -0.1) is 10.2 Å². The van der Waals surface area contributed by atoms with Crippen LogP contribution in [0.25, 0.3) is 0 Å². The van der Waals surface area contributed by atoms with Gasteiger partial charge in [0.05, 0.1) is 0 Å². The first-order valence-electron chi connectivity index (χ1n) is 8.22. The molecule has 1 fully saturated rings. The number of thioether (sulfide) groups is 1. The molecule has 0 spiro atoms. The standard InChI is InChI=1S/C15H26N4S/c1-3-7-13(8-4-1)16-10-12-20-15-18-17-14-9-5-2-6-11-19(14)15/h13,16H,1-12H2. The van der Waals surface area contributed by atoms with Crippen LogP contribution in [-0.2, 0) is 13.0 Å². The molecule has 1 N–H and O–H groups in total. The lowest BCUT2D eigenvalue weighted by atomic mass is 9.96. The fourth-order valence-electron chi connectivity index (χ4n) is 3.28. The van der Waals surface area contributed by atoms with E-state index < -0.39 is 0 Å². The summed E-state index contributed by atoms with van der Waals surface area (Å²) in [5, 5.41) is 13.6.